The van der Waals surface area contributed by atoms with Gasteiger partial charge in [-0.2, -0.15) is 0 Å². The molecule has 6 rings (SSSR count). The minimum absolute atomic E-state index is 0.196. The van der Waals surface area contributed by atoms with Crippen molar-refractivity contribution in [2.24, 2.45) is 11.8 Å². The predicted octanol–water partition coefficient (Wildman–Crippen LogP) is 2.76. The highest BCUT2D eigenvalue weighted by Gasteiger charge is 2.72. The van der Waals surface area contributed by atoms with Crippen molar-refractivity contribution in [3.63, 3.8) is 0 Å². The zero-order chi connectivity index (χ0) is 28.2. The first-order valence-electron chi connectivity index (χ1n) is 13.6. The van der Waals surface area contributed by atoms with Gasteiger partial charge in [0.05, 0.1) is 41.3 Å². The summed E-state index contributed by atoms with van der Waals surface area (Å²) in [6.07, 6.45) is 7.02. The van der Waals surface area contributed by atoms with Gasteiger partial charge in [-0.25, -0.2) is 0 Å². The van der Waals surface area contributed by atoms with E-state index in [1.807, 2.05) is 67.6 Å². The molecule has 40 heavy (non-hydrogen) atoms. The first-order chi connectivity index (χ1) is 19.3. The van der Waals surface area contributed by atoms with Crippen LogP contribution in [0.25, 0.3) is 0 Å². The van der Waals surface area contributed by atoms with E-state index in [0.717, 1.165) is 11.1 Å². The summed E-state index contributed by atoms with van der Waals surface area (Å²) in [7, 11) is 1.71. The maximum Gasteiger partial charge on any atom is 0.253 e. The van der Waals surface area contributed by atoms with Gasteiger partial charge in [-0.05, 0) is 30.5 Å². The third kappa shape index (κ3) is 4.00. The Kier molecular flexibility index (Phi) is 6.81. The van der Waals surface area contributed by atoms with Crippen molar-refractivity contribution in [2.45, 2.75) is 37.1 Å². The second kappa shape index (κ2) is 10.2. The van der Waals surface area contributed by atoms with E-state index in [2.05, 4.69) is 0 Å². The van der Waals surface area contributed by atoms with Crippen molar-refractivity contribution >= 4 is 35.0 Å². The number of halogens is 1. The van der Waals surface area contributed by atoms with E-state index in [4.69, 9.17) is 16.3 Å². The standard InChI is InChI=1S/C31H32ClN3O5/c1-19-9-6-12-22(32)26(19)34-16-8-14-31-25(24-23(40-31)13-7-15-33(2)28(24)37)29(38)35(27(31)30(34)39)21(18-36)17-20-10-4-3-5-11-20/h3-14,21,23-25,27,36H,15-18H2,1-2H3/t21-,23+,24-,25+,27?,31+/m1/s1. The third-order valence-corrected chi connectivity index (χ3v) is 8.98. The van der Waals surface area contributed by atoms with Crippen molar-refractivity contribution in [1.29, 1.82) is 0 Å². The van der Waals surface area contributed by atoms with Gasteiger partial charge in [-0.15, -0.1) is 0 Å². The summed E-state index contributed by atoms with van der Waals surface area (Å²) in [6.45, 7) is 2.16. The molecule has 0 aromatic heterocycles. The number of hydrogen-bond donors (Lipinski definition) is 1. The van der Waals surface area contributed by atoms with Gasteiger partial charge in [0.1, 0.15) is 11.6 Å². The molecular formula is C31H32ClN3O5. The van der Waals surface area contributed by atoms with Crippen LogP contribution in [0.15, 0.2) is 72.8 Å². The number of aliphatic hydroxyl groups excluding tert-OH is 1. The number of carbonyl (C=O) groups excluding carboxylic acids is 3. The molecule has 2 saturated heterocycles. The molecule has 2 aromatic carbocycles. The Labute approximate surface area is 238 Å². The predicted molar refractivity (Wildman–Crippen MR) is 151 cm³/mol. The minimum atomic E-state index is -1.38. The van der Waals surface area contributed by atoms with E-state index in [9.17, 15) is 19.5 Å². The number of nitrogens with zero attached hydrogens (tertiary/aromatic N) is 3. The van der Waals surface area contributed by atoms with E-state index >= 15 is 0 Å². The van der Waals surface area contributed by atoms with Gasteiger partial charge in [-0.3, -0.25) is 14.4 Å². The number of rotatable bonds is 5. The molecule has 2 aromatic rings. The molecule has 4 aliphatic heterocycles. The van der Waals surface area contributed by atoms with Crippen molar-refractivity contribution in [3.8, 4) is 0 Å². The summed E-state index contributed by atoms with van der Waals surface area (Å²) in [6, 6.07) is 13.2. The van der Waals surface area contributed by atoms with Crippen LogP contribution in [-0.2, 0) is 25.5 Å². The van der Waals surface area contributed by atoms with Crippen LogP contribution >= 0.6 is 11.6 Å². The number of aliphatic hydroxyl groups is 1. The van der Waals surface area contributed by atoms with E-state index < -0.39 is 35.6 Å². The molecule has 1 N–H and O–H groups in total. The fraction of sp³-hybridized carbons (Fsp3) is 0.387. The molecule has 4 heterocycles. The van der Waals surface area contributed by atoms with E-state index in [0.29, 0.717) is 23.7 Å². The smallest absolute Gasteiger partial charge is 0.253 e. The summed E-state index contributed by atoms with van der Waals surface area (Å²) < 4.78 is 6.67. The number of hydrogen-bond acceptors (Lipinski definition) is 5. The van der Waals surface area contributed by atoms with Gasteiger partial charge in [0, 0.05) is 20.1 Å². The number of anilines is 1. The Bertz CT molecular complexity index is 1390. The number of carbonyl (C=O) groups is 3. The number of benzene rings is 2. The zero-order valence-corrected chi connectivity index (χ0v) is 23.2. The zero-order valence-electron chi connectivity index (χ0n) is 22.4. The van der Waals surface area contributed by atoms with Gasteiger partial charge in [0.15, 0.2) is 0 Å². The quantitative estimate of drug-likeness (QED) is 0.567. The fourth-order valence-corrected chi connectivity index (χ4v) is 7.22. The SMILES string of the molecule is Cc1cccc(Cl)c1N1CC=C[C@]23O[C@H]4C=CCN(C)C(=O)[C@H]4[C@H]2C(=O)N([C@@H](CO)Cc2ccccc2)C3C1=O. The monoisotopic (exact) mass is 561 g/mol. The number of likely N-dealkylation sites (N-methyl/N-ethyl adjacent to an activating group) is 1. The molecule has 0 radical (unpaired) electrons. The maximum absolute atomic E-state index is 14.7. The van der Waals surface area contributed by atoms with Crippen LogP contribution in [0.5, 0.6) is 0 Å². The van der Waals surface area contributed by atoms with Crippen LogP contribution in [-0.4, -0.2) is 83.2 Å². The van der Waals surface area contributed by atoms with Gasteiger partial charge in [0.2, 0.25) is 11.8 Å². The molecule has 9 heteroatoms. The lowest BCUT2D eigenvalue weighted by Crippen LogP contribution is -2.58. The van der Waals surface area contributed by atoms with E-state index in [1.165, 1.54) is 4.90 Å². The summed E-state index contributed by atoms with van der Waals surface area (Å²) in [5, 5.41) is 11.1. The highest BCUT2D eigenvalue weighted by atomic mass is 35.5. The van der Waals surface area contributed by atoms with Gasteiger partial charge in [-0.1, -0.05) is 78.4 Å². The molecule has 1 spiro atoms. The third-order valence-electron chi connectivity index (χ3n) is 8.67. The fourth-order valence-electron chi connectivity index (χ4n) is 6.90. The lowest BCUT2D eigenvalue weighted by Gasteiger charge is -2.39. The van der Waals surface area contributed by atoms with E-state index in [-0.39, 0.29) is 30.9 Å². The Morgan fingerprint density at radius 2 is 1.80 bits per heavy atom. The molecule has 0 saturated carbocycles. The number of fused-ring (bicyclic) bond motifs is 2. The van der Waals surface area contributed by atoms with Crippen molar-refractivity contribution in [3.05, 3.63) is 89.0 Å². The molecular weight excluding hydrogens is 530 g/mol. The molecule has 8 nitrogen and oxygen atoms in total. The highest BCUT2D eigenvalue weighted by Crippen LogP contribution is 2.54. The Hall–Kier alpha value is -3.46. The first kappa shape index (κ1) is 26.7. The van der Waals surface area contributed by atoms with Gasteiger partial charge in [0.25, 0.3) is 5.91 Å². The van der Waals surface area contributed by atoms with Crippen LogP contribution < -0.4 is 4.90 Å². The summed E-state index contributed by atoms with van der Waals surface area (Å²) >= 11 is 6.62. The highest BCUT2D eigenvalue weighted by molar-refractivity contribution is 6.34. The topological polar surface area (TPSA) is 90.4 Å². The number of aryl methyl sites for hydroxylation is 1. The van der Waals surface area contributed by atoms with Crippen molar-refractivity contribution in [1.82, 2.24) is 9.80 Å². The van der Waals surface area contributed by atoms with Crippen LogP contribution in [0, 0.1) is 18.8 Å². The number of amides is 3. The van der Waals surface area contributed by atoms with Crippen LogP contribution in [0.3, 0.4) is 0 Å². The molecule has 0 bridgehead atoms. The molecule has 208 valence electrons. The Morgan fingerprint density at radius 1 is 1.02 bits per heavy atom. The average molecular weight is 562 g/mol. The van der Waals surface area contributed by atoms with Crippen LogP contribution in [0.2, 0.25) is 5.02 Å². The number of ether oxygens (including phenoxy) is 1. The average Bonchev–Trinajstić information content (AvgIpc) is 3.28. The Morgan fingerprint density at radius 3 is 2.52 bits per heavy atom. The molecule has 3 amide bonds. The Balaban J connectivity index is 1.50. The van der Waals surface area contributed by atoms with Gasteiger partial charge >= 0.3 is 0 Å². The van der Waals surface area contributed by atoms with Gasteiger partial charge < -0.3 is 24.5 Å². The number of likely N-dealkylation sites (tertiary alicyclic amines) is 1. The second-order valence-corrected chi connectivity index (χ2v) is 11.4. The van der Waals surface area contributed by atoms with Crippen LogP contribution in [0.4, 0.5) is 5.69 Å². The van der Waals surface area contributed by atoms with E-state index in [1.54, 1.807) is 29.0 Å². The van der Waals surface area contributed by atoms with Crippen molar-refractivity contribution < 1.29 is 24.2 Å². The molecule has 0 aliphatic carbocycles. The largest absolute Gasteiger partial charge is 0.394 e. The summed E-state index contributed by atoms with van der Waals surface area (Å²) in [5.74, 6) is -2.62. The minimum Gasteiger partial charge on any atom is -0.394 e. The lowest BCUT2D eigenvalue weighted by molar-refractivity contribution is -0.146. The summed E-state index contributed by atoms with van der Waals surface area (Å²) in [5.41, 5.74) is 0.925. The number of para-hydroxylation sites is 1. The maximum atomic E-state index is 14.7. The lowest BCUT2D eigenvalue weighted by atomic mass is 9.77. The second-order valence-electron chi connectivity index (χ2n) is 11.0. The molecule has 1 unspecified atom stereocenters. The molecule has 2 fully saturated rings. The first-order valence-corrected chi connectivity index (χ1v) is 14.0. The van der Waals surface area contributed by atoms with Crippen molar-refractivity contribution in [2.75, 3.05) is 31.6 Å². The van der Waals surface area contributed by atoms with Crippen LogP contribution in [0.1, 0.15) is 11.1 Å². The molecule has 6 atom stereocenters. The summed E-state index contributed by atoms with van der Waals surface area (Å²) in [4.78, 5) is 47.5. The normalized spacial score (nSPS) is 30.2. The molecule has 4 aliphatic rings.